The number of nitrogens with one attached hydrogen (secondary N) is 1. The van der Waals surface area contributed by atoms with Gasteiger partial charge in [0.05, 0.1) is 11.5 Å². The van der Waals surface area contributed by atoms with Gasteiger partial charge in [-0.2, -0.15) is 0 Å². The summed E-state index contributed by atoms with van der Waals surface area (Å²) in [6.45, 7) is 0.573. The number of amides is 1. The molecule has 1 aromatic heterocycles. The van der Waals surface area contributed by atoms with Crippen molar-refractivity contribution in [2.24, 2.45) is 0 Å². The number of benzene rings is 3. The molecule has 0 radical (unpaired) electrons. The number of carbonyl (C=O) groups is 1. The topological polar surface area (TPSA) is 141 Å². The van der Waals surface area contributed by atoms with Crippen LogP contribution in [0, 0.1) is 0 Å². The maximum Gasteiger partial charge on any atom is 0.265 e. The van der Waals surface area contributed by atoms with Gasteiger partial charge in [0.15, 0.2) is 14.6 Å². The van der Waals surface area contributed by atoms with Crippen LogP contribution in [-0.2, 0) is 25.8 Å². The molecule has 0 bridgehead atoms. The molecule has 2 heterocycles. The molecule has 2 N–H and O–H groups in total. The third-order valence-electron chi connectivity index (χ3n) is 6.73. The third kappa shape index (κ3) is 5.00. The zero-order valence-corrected chi connectivity index (χ0v) is 21.3. The lowest BCUT2D eigenvalue weighted by atomic mass is 9.98. The maximum absolute atomic E-state index is 13.3. The van der Waals surface area contributed by atoms with Crippen LogP contribution in [0.2, 0.25) is 0 Å². The SMILES string of the molecule is O=C(NO)C1(S(=O)(=O)c2ccc(OCCCc3nnc(-c4ccc5ccccc5c4)o3)cc2)CCOCC1. The van der Waals surface area contributed by atoms with E-state index in [-0.39, 0.29) is 31.0 Å². The highest BCUT2D eigenvalue weighted by molar-refractivity contribution is 7.93. The van der Waals surface area contributed by atoms with Crippen LogP contribution in [0.4, 0.5) is 0 Å². The van der Waals surface area contributed by atoms with Gasteiger partial charge in [0.2, 0.25) is 11.8 Å². The highest BCUT2D eigenvalue weighted by Crippen LogP contribution is 2.36. The highest BCUT2D eigenvalue weighted by atomic mass is 32.2. The van der Waals surface area contributed by atoms with Crippen molar-refractivity contribution in [2.75, 3.05) is 19.8 Å². The maximum atomic E-state index is 13.3. The lowest BCUT2D eigenvalue weighted by Gasteiger charge is -2.34. The number of nitrogens with zero attached hydrogens (tertiary/aromatic N) is 2. The lowest BCUT2D eigenvalue weighted by Crippen LogP contribution is -2.54. The summed E-state index contributed by atoms with van der Waals surface area (Å²) in [7, 11) is -4.08. The largest absolute Gasteiger partial charge is 0.494 e. The molecular formula is C27H27N3O7S. The second kappa shape index (κ2) is 10.9. The van der Waals surface area contributed by atoms with Gasteiger partial charge in [-0.05, 0) is 66.4 Å². The van der Waals surface area contributed by atoms with Gasteiger partial charge >= 0.3 is 0 Å². The minimum Gasteiger partial charge on any atom is -0.494 e. The molecule has 1 fully saturated rings. The third-order valence-corrected chi connectivity index (χ3v) is 9.25. The highest BCUT2D eigenvalue weighted by Gasteiger charge is 2.52. The summed E-state index contributed by atoms with van der Waals surface area (Å²) < 4.78 is 41.7. The monoisotopic (exact) mass is 537 g/mol. The van der Waals surface area contributed by atoms with Crippen molar-refractivity contribution in [1.29, 1.82) is 0 Å². The minimum absolute atomic E-state index is 0.0255. The van der Waals surface area contributed by atoms with Crippen LogP contribution >= 0.6 is 0 Å². The van der Waals surface area contributed by atoms with E-state index >= 15 is 0 Å². The van der Waals surface area contributed by atoms with E-state index in [1.807, 2.05) is 42.5 Å². The minimum atomic E-state index is -4.08. The van der Waals surface area contributed by atoms with Crippen molar-refractivity contribution >= 4 is 26.5 Å². The summed E-state index contributed by atoms with van der Waals surface area (Å²) in [4.78, 5) is 12.3. The quantitative estimate of drug-likeness (QED) is 0.186. The number of aryl methyl sites for hydroxylation is 1. The smallest absolute Gasteiger partial charge is 0.265 e. The van der Waals surface area contributed by atoms with Gasteiger partial charge in [-0.25, -0.2) is 13.9 Å². The van der Waals surface area contributed by atoms with E-state index < -0.39 is 20.5 Å². The van der Waals surface area contributed by atoms with Gasteiger partial charge in [0, 0.05) is 25.2 Å². The number of hydroxylamine groups is 1. The molecule has 5 rings (SSSR count). The predicted octanol–water partition coefficient (Wildman–Crippen LogP) is 3.73. The molecule has 1 aliphatic heterocycles. The fraction of sp³-hybridized carbons (Fsp3) is 0.296. The average molecular weight is 538 g/mol. The number of fused-ring (bicyclic) bond motifs is 1. The number of sulfone groups is 1. The van der Waals surface area contributed by atoms with Crippen LogP contribution in [0.15, 0.2) is 76.0 Å². The zero-order chi connectivity index (χ0) is 26.6. The van der Waals surface area contributed by atoms with Crippen LogP contribution in [0.5, 0.6) is 5.75 Å². The molecule has 0 saturated carbocycles. The van der Waals surface area contributed by atoms with Crippen molar-refractivity contribution < 1.29 is 32.3 Å². The summed E-state index contributed by atoms with van der Waals surface area (Å²) >= 11 is 0. The van der Waals surface area contributed by atoms with Gasteiger partial charge in [0.25, 0.3) is 5.91 Å². The molecule has 1 aliphatic rings. The Morgan fingerprint density at radius 1 is 1.00 bits per heavy atom. The number of rotatable bonds is 9. The molecule has 10 nitrogen and oxygen atoms in total. The van der Waals surface area contributed by atoms with Crippen LogP contribution in [0.1, 0.15) is 25.2 Å². The molecule has 0 unspecified atom stereocenters. The first-order valence-corrected chi connectivity index (χ1v) is 13.7. The number of hydrogen-bond acceptors (Lipinski definition) is 9. The zero-order valence-electron chi connectivity index (χ0n) is 20.5. The normalized spacial score (nSPS) is 15.3. The Morgan fingerprint density at radius 3 is 2.47 bits per heavy atom. The fourth-order valence-electron chi connectivity index (χ4n) is 4.57. The second-order valence-corrected chi connectivity index (χ2v) is 11.3. The number of carbonyl (C=O) groups excluding carboxylic acids is 1. The van der Waals surface area contributed by atoms with Crippen LogP contribution in [0.3, 0.4) is 0 Å². The second-order valence-electron chi connectivity index (χ2n) is 9.04. The van der Waals surface area contributed by atoms with Crippen molar-refractivity contribution in [2.45, 2.75) is 35.3 Å². The molecule has 11 heteroatoms. The van der Waals surface area contributed by atoms with Gasteiger partial charge in [0.1, 0.15) is 5.75 Å². The summed E-state index contributed by atoms with van der Waals surface area (Å²) in [5.74, 6) is 0.493. The molecule has 1 amide bonds. The Morgan fingerprint density at radius 2 is 1.74 bits per heavy atom. The first-order valence-electron chi connectivity index (χ1n) is 12.2. The van der Waals surface area contributed by atoms with Gasteiger partial charge in [-0.1, -0.05) is 30.3 Å². The summed E-state index contributed by atoms with van der Waals surface area (Å²) in [5.41, 5.74) is 2.37. The molecule has 0 atom stereocenters. The Hall–Kier alpha value is -3.80. The predicted molar refractivity (Wildman–Crippen MR) is 137 cm³/mol. The molecule has 198 valence electrons. The summed E-state index contributed by atoms with van der Waals surface area (Å²) in [6, 6.07) is 19.9. The molecule has 3 aromatic carbocycles. The van der Waals surface area contributed by atoms with Gasteiger partial charge in [-0.15, -0.1) is 10.2 Å². The van der Waals surface area contributed by atoms with E-state index in [1.54, 1.807) is 12.1 Å². The Bertz CT molecular complexity index is 1530. The van der Waals surface area contributed by atoms with E-state index in [4.69, 9.17) is 19.1 Å². The van der Waals surface area contributed by atoms with E-state index in [0.29, 0.717) is 37.0 Å². The standard InChI is InChI=1S/C27H27N3O7S/c31-26(30-32)27(13-16-35-17-14-27)38(33,34)23-11-9-22(10-12-23)36-15-3-6-24-28-29-25(37-24)21-8-7-19-4-1-2-5-20(19)18-21/h1-2,4-5,7-12,18,32H,3,6,13-17H2,(H,30,31). The molecule has 1 saturated heterocycles. The Labute approximate surface area is 219 Å². The van der Waals surface area contributed by atoms with Crippen molar-refractivity contribution in [1.82, 2.24) is 15.7 Å². The summed E-state index contributed by atoms with van der Waals surface area (Å²) in [6.07, 6.45) is 1.05. The number of hydrogen-bond donors (Lipinski definition) is 2. The van der Waals surface area contributed by atoms with Gasteiger partial charge < -0.3 is 13.9 Å². The molecule has 0 spiro atoms. The van der Waals surface area contributed by atoms with E-state index in [0.717, 1.165) is 16.3 Å². The van der Waals surface area contributed by atoms with Crippen molar-refractivity contribution in [3.05, 3.63) is 72.6 Å². The molecule has 4 aromatic rings. The molecule has 38 heavy (non-hydrogen) atoms. The Balaban J connectivity index is 1.17. The van der Waals surface area contributed by atoms with E-state index in [1.165, 1.54) is 17.6 Å². The fourth-order valence-corrected chi connectivity index (χ4v) is 6.51. The molecular weight excluding hydrogens is 510 g/mol. The number of aromatic nitrogens is 2. The van der Waals surface area contributed by atoms with Gasteiger partial charge in [-0.3, -0.25) is 10.0 Å². The van der Waals surface area contributed by atoms with E-state index in [9.17, 15) is 13.2 Å². The first kappa shape index (κ1) is 25.8. The first-order chi connectivity index (χ1) is 18.4. The number of ether oxygens (including phenoxy) is 2. The van der Waals surface area contributed by atoms with Crippen LogP contribution in [0.25, 0.3) is 22.2 Å². The summed E-state index contributed by atoms with van der Waals surface area (Å²) in [5, 5.41) is 19.7. The van der Waals surface area contributed by atoms with E-state index in [2.05, 4.69) is 10.2 Å². The molecule has 0 aliphatic carbocycles. The van der Waals surface area contributed by atoms with Crippen molar-refractivity contribution in [3.8, 4) is 17.2 Å². The average Bonchev–Trinajstić information content (AvgIpc) is 3.44. The van der Waals surface area contributed by atoms with Crippen molar-refractivity contribution in [3.63, 3.8) is 0 Å². The van der Waals surface area contributed by atoms with Crippen LogP contribution in [-0.4, -0.2) is 54.3 Å². The lowest BCUT2D eigenvalue weighted by molar-refractivity contribution is -0.134. The Kier molecular flexibility index (Phi) is 7.41. The van der Waals surface area contributed by atoms with Crippen LogP contribution < -0.4 is 10.2 Å².